The average Bonchev–Trinajstić information content (AvgIpc) is 3.47. The Kier molecular flexibility index (Phi) is 4.30. The lowest BCUT2D eigenvalue weighted by molar-refractivity contribution is -0.660. The second kappa shape index (κ2) is 7.56. The van der Waals surface area contributed by atoms with E-state index in [2.05, 4.69) is 84.2 Å². The van der Waals surface area contributed by atoms with Crippen molar-refractivity contribution in [2.75, 3.05) is 0 Å². The number of nitrogens with zero attached hydrogens (tertiary/aromatic N) is 2. The maximum atomic E-state index is 7.62. The summed E-state index contributed by atoms with van der Waals surface area (Å²) in [4.78, 5) is 3.73. The second-order valence-electron chi connectivity index (χ2n) is 9.19. The van der Waals surface area contributed by atoms with E-state index >= 15 is 0 Å². The van der Waals surface area contributed by atoms with Crippen molar-refractivity contribution in [3.05, 3.63) is 108 Å². The fourth-order valence-electron chi connectivity index (χ4n) is 5.36. The van der Waals surface area contributed by atoms with Gasteiger partial charge in [-0.3, -0.25) is 0 Å². The molecule has 7 rings (SSSR count). The van der Waals surface area contributed by atoms with Crippen LogP contribution >= 0.6 is 0 Å². The summed E-state index contributed by atoms with van der Waals surface area (Å²) in [5.41, 5.74) is 9.28. The largest absolute Gasteiger partial charge is 0.457 e. The van der Waals surface area contributed by atoms with Crippen LogP contribution in [0.15, 0.2) is 100.0 Å². The molecule has 3 heterocycles. The SMILES string of the molecule is [C-]#[N+]c1cccc2oc3ccc(-c4cccc5c4oc4c(-c6cccc[n+]6C)c(C)ccc45)cc3c12. The van der Waals surface area contributed by atoms with Gasteiger partial charge < -0.3 is 8.83 Å². The molecule has 4 aromatic carbocycles. The van der Waals surface area contributed by atoms with Crippen LogP contribution in [0.2, 0.25) is 0 Å². The number of para-hydroxylation sites is 1. The van der Waals surface area contributed by atoms with Crippen LogP contribution in [0.1, 0.15) is 5.56 Å². The Hall–Kier alpha value is -4.88. The molecule has 0 aliphatic heterocycles. The predicted octanol–water partition coefficient (Wildman–Crippen LogP) is 8.50. The molecule has 0 bridgehead atoms. The summed E-state index contributed by atoms with van der Waals surface area (Å²) in [5, 5.41) is 3.98. The molecule has 0 radical (unpaired) electrons. The molecule has 36 heavy (non-hydrogen) atoms. The monoisotopic (exact) mass is 465 g/mol. The van der Waals surface area contributed by atoms with Gasteiger partial charge in [0.05, 0.1) is 12.1 Å². The molecule has 4 heteroatoms. The highest BCUT2D eigenvalue weighted by molar-refractivity contribution is 6.15. The summed E-state index contributed by atoms with van der Waals surface area (Å²) in [6.07, 6.45) is 2.06. The summed E-state index contributed by atoms with van der Waals surface area (Å²) >= 11 is 0. The minimum absolute atomic E-state index is 0.598. The van der Waals surface area contributed by atoms with Crippen molar-refractivity contribution >= 4 is 49.6 Å². The van der Waals surface area contributed by atoms with Crippen molar-refractivity contribution in [1.82, 2.24) is 0 Å². The molecule has 0 unspecified atom stereocenters. The number of aromatic nitrogens is 1. The Morgan fingerprint density at radius 3 is 2.47 bits per heavy atom. The van der Waals surface area contributed by atoms with Gasteiger partial charge in [-0.1, -0.05) is 48.5 Å². The number of pyridine rings is 1. The van der Waals surface area contributed by atoms with Crippen LogP contribution in [0.3, 0.4) is 0 Å². The van der Waals surface area contributed by atoms with E-state index in [1.807, 2.05) is 30.3 Å². The van der Waals surface area contributed by atoms with Crippen molar-refractivity contribution in [2.24, 2.45) is 7.05 Å². The lowest BCUT2D eigenvalue weighted by atomic mass is 9.98. The molecule has 0 aliphatic rings. The third-order valence-corrected chi connectivity index (χ3v) is 7.09. The number of aryl methyl sites for hydroxylation is 2. The minimum Gasteiger partial charge on any atom is -0.457 e. The van der Waals surface area contributed by atoms with Crippen molar-refractivity contribution in [1.29, 1.82) is 0 Å². The van der Waals surface area contributed by atoms with Crippen molar-refractivity contribution in [3.63, 3.8) is 0 Å². The summed E-state index contributed by atoms with van der Waals surface area (Å²) < 4.78 is 14.9. The molecule has 7 aromatic rings. The van der Waals surface area contributed by atoms with E-state index in [0.29, 0.717) is 5.69 Å². The molecule has 0 saturated heterocycles. The minimum atomic E-state index is 0.598. The van der Waals surface area contributed by atoms with Gasteiger partial charge in [0.25, 0.3) is 0 Å². The zero-order chi connectivity index (χ0) is 24.4. The average molecular weight is 466 g/mol. The number of rotatable bonds is 2. The normalized spacial score (nSPS) is 11.6. The van der Waals surface area contributed by atoms with Crippen LogP contribution in [-0.4, -0.2) is 0 Å². The summed E-state index contributed by atoms with van der Waals surface area (Å²) in [5.74, 6) is 0. The van der Waals surface area contributed by atoms with E-state index in [0.717, 1.165) is 66.3 Å². The Bertz CT molecular complexity index is 2040. The number of hydrogen-bond acceptors (Lipinski definition) is 2. The smallest absolute Gasteiger partial charge is 0.216 e. The molecule has 4 nitrogen and oxygen atoms in total. The van der Waals surface area contributed by atoms with E-state index in [1.54, 1.807) is 0 Å². The third-order valence-electron chi connectivity index (χ3n) is 7.09. The Labute approximate surface area is 207 Å². The highest BCUT2D eigenvalue weighted by Crippen LogP contribution is 2.42. The van der Waals surface area contributed by atoms with Gasteiger partial charge >= 0.3 is 0 Å². The molecule has 3 aromatic heterocycles. The van der Waals surface area contributed by atoms with E-state index in [1.165, 1.54) is 5.56 Å². The summed E-state index contributed by atoms with van der Waals surface area (Å²) in [6, 6.07) is 28.6. The molecule has 0 spiro atoms. The van der Waals surface area contributed by atoms with Crippen molar-refractivity contribution in [3.8, 4) is 22.4 Å². The Balaban J connectivity index is 1.53. The van der Waals surface area contributed by atoms with Crippen LogP contribution in [0.5, 0.6) is 0 Å². The van der Waals surface area contributed by atoms with Gasteiger partial charge in [-0.05, 0) is 42.3 Å². The van der Waals surface area contributed by atoms with Crippen LogP contribution < -0.4 is 4.57 Å². The molecule has 0 saturated carbocycles. The summed E-state index contributed by atoms with van der Waals surface area (Å²) in [7, 11) is 2.06. The molecule has 0 fully saturated rings. The van der Waals surface area contributed by atoms with Gasteiger partial charge in [0.15, 0.2) is 11.9 Å². The highest BCUT2D eigenvalue weighted by atomic mass is 16.3. The first kappa shape index (κ1) is 20.5. The maximum absolute atomic E-state index is 7.62. The lowest BCUT2D eigenvalue weighted by Crippen LogP contribution is -2.30. The topological polar surface area (TPSA) is 34.5 Å². The Morgan fingerprint density at radius 2 is 1.61 bits per heavy atom. The van der Waals surface area contributed by atoms with Crippen molar-refractivity contribution < 1.29 is 13.4 Å². The molecular weight excluding hydrogens is 444 g/mol. The van der Waals surface area contributed by atoms with E-state index in [9.17, 15) is 0 Å². The van der Waals surface area contributed by atoms with Crippen LogP contribution in [0, 0.1) is 13.5 Å². The van der Waals surface area contributed by atoms with Gasteiger partial charge in [0.2, 0.25) is 5.69 Å². The molecule has 0 aliphatic carbocycles. The first-order valence-electron chi connectivity index (χ1n) is 11.9. The fraction of sp³-hybridized carbons (Fsp3) is 0.0625. The van der Waals surface area contributed by atoms with E-state index in [-0.39, 0.29) is 0 Å². The maximum Gasteiger partial charge on any atom is 0.216 e. The standard InChI is InChI=1S/C32H21N2O2/c1-19-13-15-23-22-9-6-8-21(31(22)36-32(23)29(19)26-11-4-5-17-34(26)3)20-14-16-27-24(18-20)30-25(33-2)10-7-12-28(30)35-27/h4-18H,1,3H3/q+1. The van der Waals surface area contributed by atoms with Crippen molar-refractivity contribution in [2.45, 2.75) is 6.92 Å². The highest BCUT2D eigenvalue weighted by Gasteiger charge is 2.21. The van der Waals surface area contributed by atoms with Gasteiger partial charge in [0, 0.05) is 39.2 Å². The second-order valence-corrected chi connectivity index (χ2v) is 9.19. The fourth-order valence-corrected chi connectivity index (χ4v) is 5.36. The molecule has 0 atom stereocenters. The quantitative estimate of drug-likeness (QED) is 0.189. The van der Waals surface area contributed by atoms with Crippen LogP contribution in [0.25, 0.3) is 71.1 Å². The number of furan rings is 2. The van der Waals surface area contributed by atoms with E-state index < -0.39 is 0 Å². The molecule has 170 valence electrons. The zero-order valence-electron chi connectivity index (χ0n) is 19.9. The van der Waals surface area contributed by atoms with Gasteiger partial charge in [-0.25, -0.2) is 9.41 Å². The van der Waals surface area contributed by atoms with Gasteiger partial charge in [-0.2, -0.15) is 0 Å². The van der Waals surface area contributed by atoms with Crippen LogP contribution in [0.4, 0.5) is 5.69 Å². The molecule has 0 N–H and O–H groups in total. The number of fused-ring (bicyclic) bond motifs is 6. The third kappa shape index (κ3) is 2.84. The summed E-state index contributed by atoms with van der Waals surface area (Å²) in [6.45, 7) is 9.74. The first-order valence-corrected chi connectivity index (χ1v) is 11.9. The van der Waals surface area contributed by atoms with E-state index in [4.69, 9.17) is 15.4 Å². The van der Waals surface area contributed by atoms with Crippen LogP contribution in [-0.2, 0) is 7.05 Å². The van der Waals surface area contributed by atoms with Gasteiger partial charge in [0.1, 0.15) is 29.4 Å². The lowest BCUT2D eigenvalue weighted by Gasteiger charge is -2.05. The first-order chi connectivity index (χ1) is 17.6. The number of benzene rings is 4. The Morgan fingerprint density at radius 1 is 0.750 bits per heavy atom. The zero-order valence-corrected chi connectivity index (χ0v) is 19.9. The molecule has 0 amide bonds. The molecular formula is C32H21N2O2+. The number of hydrogen-bond donors (Lipinski definition) is 0. The predicted molar refractivity (Wildman–Crippen MR) is 144 cm³/mol. The van der Waals surface area contributed by atoms with Gasteiger partial charge in [-0.15, -0.1) is 0 Å².